The predicted octanol–water partition coefficient (Wildman–Crippen LogP) is 1.47. The van der Waals surface area contributed by atoms with Crippen LogP contribution in [0, 0.1) is 0 Å². The third-order valence-corrected chi connectivity index (χ3v) is 5.30. The SMILES string of the molecule is COC(=O)CN1CCN(CCCCCc2ccc3c(n2)NCCC3)CC1=O. The molecular weight excluding hydrogens is 344 g/mol. The van der Waals surface area contributed by atoms with Crippen molar-refractivity contribution < 1.29 is 14.3 Å². The van der Waals surface area contributed by atoms with E-state index < -0.39 is 0 Å². The number of carbonyl (C=O) groups is 2. The molecular formula is C20H30N4O3. The fourth-order valence-electron chi connectivity index (χ4n) is 3.66. The first-order valence-electron chi connectivity index (χ1n) is 9.95. The number of hydrogen-bond donors (Lipinski definition) is 1. The van der Waals surface area contributed by atoms with Crippen LogP contribution in [0.1, 0.15) is 36.9 Å². The van der Waals surface area contributed by atoms with Gasteiger partial charge in [-0.15, -0.1) is 0 Å². The molecule has 7 heteroatoms. The first-order chi connectivity index (χ1) is 13.2. The molecule has 0 bridgehead atoms. The van der Waals surface area contributed by atoms with Crippen LogP contribution in [0.2, 0.25) is 0 Å². The van der Waals surface area contributed by atoms with E-state index >= 15 is 0 Å². The molecule has 1 saturated heterocycles. The summed E-state index contributed by atoms with van der Waals surface area (Å²) >= 11 is 0. The average Bonchev–Trinajstić information content (AvgIpc) is 2.69. The number of carbonyl (C=O) groups excluding carboxylic acids is 2. The van der Waals surface area contributed by atoms with Crippen LogP contribution in [0.5, 0.6) is 0 Å². The summed E-state index contributed by atoms with van der Waals surface area (Å²) in [6.45, 7) is 3.83. The minimum absolute atomic E-state index is 0.0115. The monoisotopic (exact) mass is 374 g/mol. The minimum Gasteiger partial charge on any atom is -0.468 e. The second-order valence-corrected chi connectivity index (χ2v) is 7.32. The van der Waals surface area contributed by atoms with E-state index in [9.17, 15) is 9.59 Å². The Bertz CT molecular complexity index is 665. The van der Waals surface area contributed by atoms with Crippen LogP contribution in [-0.4, -0.2) is 73.0 Å². The van der Waals surface area contributed by atoms with Gasteiger partial charge >= 0.3 is 5.97 Å². The van der Waals surface area contributed by atoms with Crippen molar-refractivity contribution in [1.82, 2.24) is 14.8 Å². The van der Waals surface area contributed by atoms with E-state index in [4.69, 9.17) is 4.98 Å². The highest BCUT2D eigenvalue weighted by molar-refractivity contribution is 5.83. The van der Waals surface area contributed by atoms with E-state index in [0.717, 1.165) is 63.3 Å². The van der Waals surface area contributed by atoms with E-state index in [1.807, 2.05) is 0 Å². The van der Waals surface area contributed by atoms with Gasteiger partial charge in [0.25, 0.3) is 0 Å². The number of amides is 1. The zero-order valence-corrected chi connectivity index (χ0v) is 16.2. The van der Waals surface area contributed by atoms with E-state index in [2.05, 4.69) is 27.1 Å². The molecule has 0 saturated carbocycles. The maximum Gasteiger partial charge on any atom is 0.325 e. The van der Waals surface area contributed by atoms with Crippen molar-refractivity contribution in [2.75, 3.05) is 51.7 Å². The fourth-order valence-corrected chi connectivity index (χ4v) is 3.66. The van der Waals surface area contributed by atoms with E-state index in [1.54, 1.807) is 4.90 Å². The quantitative estimate of drug-likeness (QED) is 0.549. The summed E-state index contributed by atoms with van der Waals surface area (Å²) in [5, 5.41) is 3.39. The molecule has 1 N–H and O–H groups in total. The van der Waals surface area contributed by atoms with Crippen molar-refractivity contribution in [3.63, 3.8) is 0 Å². The molecule has 0 spiro atoms. The molecule has 7 nitrogen and oxygen atoms in total. The number of aryl methyl sites for hydroxylation is 2. The zero-order chi connectivity index (χ0) is 19.1. The highest BCUT2D eigenvalue weighted by atomic mass is 16.5. The number of ether oxygens (including phenoxy) is 1. The molecule has 3 heterocycles. The number of aromatic nitrogens is 1. The van der Waals surface area contributed by atoms with Crippen molar-refractivity contribution in [2.45, 2.75) is 38.5 Å². The summed E-state index contributed by atoms with van der Waals surface area (Å²) in [4.78, 5) is 31.9. The van der Waals surface area contributed by atoms with Crippen molar-refractivity contribution in [3.8, 4) is 0 Å². The van der Waals surface area contributed by atoms with Crippen LogP contribution in [-0.2, 0) is 27.2 Å². The first kappa shape index (κ1) is 19.6. The Labute approximate surface area is 161 Å². The van der Waals surface area contributed by atoms with Crippen LogP contribution < -0.4 is 5.32 Å². The van der Waals surface area contributed by atoms with Gasteiger partial charge in [-0.1, -0.05) is 12.5 Å². The zero-order valence-electron chi connectivity index (χ0n) is 16.2. The normalized spacial score (nSPS) is 17.4. The second kappa shape index (κ2) is 9.69. The third-order valence-electron chi connectivity index (χ3n) is 5.30. The largest absolute Gasteiger partial charge is 0.468 e. The Kier molecular flexibility index (Phi) is 7.04. The average molecular weight is 374 g/mol. The van der Waals surface area contributed by atoms with Crippen molar-refractivity contribution in [2.24, 2.45) is 0 Å². The van der Waals surface area contributed by atoms with Crippen LogP contribution >= 0.6 is 0 Å². The van der Waals surface area contributed by atoms with Gasteiger partial charge in [-0.2, -0.15) is 0 Å². The predicted molar refractivity (Wildman–Crippen MR) is 104 cm³/mol. The standard InChI is InChI=1S/C20H30N4O3/c1-27-19(26)15-24-13-12-23(14-18(24)25)11-4-2-3-7-17-9-8-16-6-5-10-21-20(16)22-17/h8-9H,2-7,10-15H2,1H3,(H,21,22). The van der Waals surface area contributed by atoms with Gasteiger partial charge < -0.3 is 15.0 Å². The fraction of sp³-hybridized carbons (Fsp3) is 0.650. The van der Waals surface area contributed by atoms with E-state index in [-0.39, 0.29) is 18.4 Å². The van der Waals surface area contributed by atoms with Crippen LogP contribution in [0.25, 0.3) is 0 Å². The minimum atomic E-state index is -0.359. The van der Waals surface area contributed by atoms with Gasteiger partial charge in [0, 0.05) is 25.3 Å². The lowest BCUT2D eigenvalue weighted by molar-refractivity contribution is -0.149. The van der Waals surface area contributed by atoms with Crippen LogP contribution in [0.4, 0.5) is 5.82 Å². The third kappa shape index (κ3) is 5.66. The highest BCUT2D eigenvalue weighted by Gasteiger charge is 2.25. The molecule has 148 valence electrons. The highest BCUT2D eigenvalue weighted by Crippen LogP contribution is 2.20. The Morgan fingerprint density at radius 1 is 1.26 bits per heavy atom. The summed E-state index contributed by atoms with van der Waals surface area (Å²) in [5.74, 6) is 0.724. The van der Waals surface area contributed by atoms with Crippen LogP contribution in [0.15, 0.2) is 12.1 Å². The van der Waals surface area contributed by atoms with Crippen LogP contribution in [0.3, 0.4) is 0 Å². The Morgan fingerprint density at radius 3 is 2.96 bits per heavy atom. The summed E-state index contributed by atoms with van der Waals surface area (Å²) in [6.07, 6.45) is 6.63. The molecule has 1 aromatic rings. The molecule has 0 radical (unpaired) electrons. The Balaban J connectivity index is 1.32. The lowest BCUT2D eigenvalue weighted by Crippen LogP contribution is -2.51. The maximum atomic E-state index is 12.1. The molecule has 3 rings (SSSR count). The van der Waals surface area contributed by atoms with E-state index in [1.165, 1.54) is 19.1 Å². The van der Waals surface area contributed by atoms with Crippen molar-refractivity contribution in [1.29, 1.82) is 0 Å². The number of fused-ring (bicyclic) bond motifs is 1. The summed E-state index contributed by atoms with van der Waals surface area (Å²) in [6, 6.07) is 4.37. The number of hydrogen-bond acceptors (Lipinski definition) is 6. The maximum absolute atomic E-state index is 12.1. The summed E-state index contributed by atoms with van der Waals surface area (Å²) in [7, 11) is 1.35. The number of piperazine rings is 1. The van der Waals surface area contributed by atoms with Crippen molar-refractivity contribution in [3.05, 3.63) is 23.4 Å². The molecule has 2 aliphatic rings. The van der Waals surface area contributed by atoms with Gasteiger partial charge in [0.1, 0.15) is 12.4 Å². The second-order valence-electron chi connectivity index (χ2n) is 7.32. The summed E-state index contributed by atoms with van der Waals surface area (Å²) in [5.41, 5.74) is 2.50. The molecule has 0 unspecified atom stereocenters. The molecule has 0 atom stereocenters. The lowest BCUT2D eigenvalue weighted by Gasteiger charge is -2.33. The number of rotatable bonds is 8. The molecule has 0 aliphatic carbocycles. The smallest absolute Gasteiger partial charge is 0.325 e. The van der Waals surface area contributed by atoms with Gasteiger partial charge in [0.05, 0.1) is 13.7 Å². The molecule has 2 aliphatic heterocycles. The van der Waals surface area contributed by atoms with Gasteiger partial charge in [-0.3, -0.25) is 14.5 Å². The van der Waals surface area contributed by atoms with Gasteiger partial charge in [0.15, 0.2) is 0 Å². The molecule has 0 aromatic carbocycles. The number of pyridine rings is 1. The van der Waals surface area contributed by atoms with Crippen molar-refractivity contribution >= 4 is 17.7 Å². The number of nitrogens with zero attached hydrogens (tertiary/aromatic N) is 3. The number of anilines is 1. The van der Waals surface area contributed by atoms with Gasteiger partial charge in [0.2, 0.25) is 5.91 Å². The lowest BCUT2D eigenvalue weighted by atomic mass is 10.1. The summed E-state index contributed by atoms with van der Waals surface area (Å²) < 4.78 is 4.63. The number of unbranched alkanes of at least 4 members (excludes halogenated alkanes) is 2. The topological polar surface area (TPSA) is 74.8 Å². The Morgan fingerprint density at radius 2 is 2.15 bits per heavy atom. The molecule has 1 amide bonds. The van der Waals surface area contributed by atoms with Gasteiger partial charge in [-0.05, 0) is 50.3 Å². The van der Waals surface area contributed by atoms with Gasteiger partial charge in [-0.25, -0.2) is 4.98 Å². The molecule has 1 fully saturated rings. The number of methoxy groups -OCH3 is 1. The van der Waals surface area contributed by atoms with E-state index in [0.29, 0.717) is 13.1 Å². The number of esters is 1. The molecule has 27 heavy (non-hydrogen) atoms. The Hall–Kier alpha value is -2.15. The molecule has 1 aromatic heterocycles. The first-order valence-corrected chi connectivity index (χ1v) is 9.95. The number of nitrogens with one attached hydrogen (secondary N) is 1.